The van der Waals surface area contributed by atoms with Crippen molar-refractivity contribution in [3.05, 3.63) is 51.2 Å². The Morgan fingerprint density at radius 1 is 1.25 bits per heavy atom. The van der Waals surface area contributed by atoms with E-state index < -0.39 is 0 Å². The predicted molar refractivity (Wildman–Crippen MR) is 80.2 cm³/mol. The second-order valence-corrected chi connectivity index (χ2v) is 5.63. The fraction of sp³-hybridized carbons (Fsp3) is 0.429. The molecule has 0 bridgehead atoms. The standard InChI is InChI=1S/C14H18N4OS/c19-13-15-16-14(20)18(13)12-7-4-8-17(10-12)9-11-5-2-1-3-6-11/h1-3,5-6,12H,4,7-10H2,(H,15,19)(H,16,20). The molecule has 1 aromatic carbocycles. The smallest absolute Gasteiger partial charge is 0.297 e. The molecule has 0 amide bonds. The third-order valence-electron chi connectivity index (χ3n) is 3.81. The maximum atomic E-state index is 11.8. The van der Waals surface area contributed by atoms with E-state index in [-0.39, 0.29) is 11.7 Å². The molecule has 2 aromatic rings. The van der Waals surface area contributed by atoms with Gasteiger partial charge in [-0.2, -0.15) is 0 Å². The summed E-state index contributed by atoms with van der Waals surface area (Å²) in [6, 6.07) is 10.6. The lowest BCUT2D eigenvalue weighted by Crippen LogP contribution is -2.38. The molecular formula is C14H18N4OS. The first-order chi connectivity index (χ1) is 9.74. The largest absolute Gasteiger partial charge is 0.342 e. The molecule has 0 aliphatic carbocycles. The van der Waals surface area contributed by atoms with Crippen molar-refractivity contribution in [1.29, 1.82) is 0 Å². The Kier molecular flexibility index (Phi) is 3.84. The number of H-pyrrole nitrogens is 2. The minimum Gasteiger partial charge on any atom is -0.297 e. The van der Waals surface area contributed by atoms with Gasteiger partial charge in [0.1, 0.15) is 0 Å². The number of nitrogens with one attached hydrogen (secondary N) is 2. The van der Waals surface area contributed by atoms with Gasteiger partial charge in [-0.15, -0.1) is 0 Å². The van der Waals surface area contributed by atoms with Crippen LogP contribution in [0.4, 0.5) is 0 Å². The van der Waals surface area contributed by atoms with Crippen LogP contribution in [0, 0.1) is 4.77 Å². The number of benzene rings is 1. The van der Waals surface area contributed by atoms with E-state index in [0.29, 0.717) is 4.77 Å². The van der Waals surface area contributed by atoms with Crippen LogP contribution in [0.1, 0.15) is 24.4 Å². The lowest BCUT2D eigenvalue weighted by atomic mass is 10.0. The van der Waals surface area contributed by atoms with E-state index in [1.54, 1.807) is 4.57 Å². The second-order valence-electron chi connectivity index (χ2n) is 5.25. The molecule has 2 N–H and O–H groups in total. The molecule has 1 aliphatic heterocycles. The number of aromatic amines is 2. The number of likely N-dealkylation sites (tertiary alicyclic amines) is 1. The molecule has 1 fully saturated rings. The van der Waals surface area contributed by atoms with Gasteiger partial charge < -0.3 is 0 Å². The Balaban J connectivity index is 1.74. The Morgan fingerprint density at radius 2 is 2.05 bits per heavy atom. The van der Waals surface area contributed by atoms with E-state index in [1.165, 1.54) is 5.56 Å². The van der Waals surface area contributed by atoms with Crippen molar-refractivity contribution in [1.82, 2.24) is 19.7 Å². The predicted octanol–water partition coefficient (Wildman–Crippen LogP) is 2.07. The number of hydrogen-bond acceptors (Lipinski definition) is 3. The van der Waals surface area contributed by atoms with Crippen LogP contribution in [0.2, 0.25) is 0 Å². The summed E-state index contributed by atoms with van der Waals surface area (Å²) in [5, 5.41) is 5.28. The number of aromatic nitrogens is 3. The molecule has 1 atom stereocenters. The Hall–Kier alpha value is -1.66. The summed E-state index contributed by atoms with van der Waals surface area (Å²) >= 11 is 5.18. The number of rotatable bonds is 3. The van der Waals surface area contributed by atoms with Gasteiger partial charge >= 0.3 is 5.69 Å². The second kappa shape index (κ2) is 5.76. The van der Waals surface area contributed by atoms with Gasteiger partial charge in [-0.05, 0) is 37.2 Å². The van der Waals surface area contributed by atoms with Gasteiger partial charge in [0.2, 0.25) is 0 Å². The molecule has 1 saturated heterocycles. The molecule has 106 valence electrons. The van der Waals surface area contributed by atoms with Crippen molar-refractivity contribution < 1.29 is 0 Å². The maximum Gasteiger partial charge on any atom is 0.342 e. The SMILES string of the molecule is O=c1[nH][nH]c(=S)n1C1CCCN(Cc2ccccc2)C1. The minimum absolute atomic E-state index is 0.137. The minimum atomic E-state index is -0.137. The van der Waals surface area contributed by atoms with Crippen LogP contribution in [0.5, 0.6) is 0 Å². The average molecular weight is 290 g/mol. The third kappa shape index (κ3) is 2.76. The van der Waals surface area contributed by atoms with Crippen LogP contribution in [0.3, 0.4) is 0 Å². The van der Waals surface area contributed by atoms with Gasteiger partial charge in [-0.3, -0.25) is 14.6 Å². The van der Waals surface area contributed by atoms with Crippen molar-refractivity contribution in [3.8, 4) is 0 Å². The third-order valence-corrected chi connectivity index (χ3v) is 4.11. The van der Waals surface area contributed by atoms with Crippen molar-refractivity contribution in [2.45, 2.75) is 25.4 Å². The zero-order valence-electron chi connectivity index (χ0n) is 11.2. The molecular weight excluding hydrogens is 272 g/mol. The average Bonchev–Trinajstić information content (AvgIpc) is 2.80. The Morgan fingerprint density at radius 3 is 2.75 bits per heavy atom. The first kappa shape index (κ1) is 13.3. The summed E-state index contributed by atoms with van der Waals surface area (Å²) in [6.07, 6.45) is 2.09. The summed E-state index contributed by atoms with van der Waals surface area (Å²) in [5.74, 6) is 0. The monoisotopic (exact) mass is 290 g/mol. The van der Waals surface area contributed by atoms with E-state index in [9.17, 15) is 4.79 Å². The zero-order chi connectivity index (χ0) is 13.9. The molecule has 1 aromatic heterocycles. The van der Waals surface area contributed by atoms with Crippen molar-refractivity contribution in [3.63, 3.8) is 0 Å². The Bertz CT molecular complexity index is 645. The summed E-state index contributed by atoms with van der Waals surface area (Å²) < 4.78 is 2.16. The van der Waals surface area contributed by atoms with Gasteiger partial charge in [-0.25, -0.2) is 9.89 Å². The molecule has 6 heteroatoms. The van der Waals surface area contributed by atoms with E-state index in [0.717, 1.165) is 32.5 Å². The quantitative estimate of drug-likeness (QED) is 0.851. The number of piperidine rings is 1. The molecule has 1 unspecified atom stereocenters. The topological polar surface area (TPSA) is 56.8 Å². The molecule has 0 saturated carbocycles. The highest BCUT2D eigenvalue weighted by Crippen LogP contribution is 2.21. The highest BCUT2D eigenvalue weighted by molar-refractivity contribution is 7.71. The van der Waals surface area contributed by atoms with Crippen LogP contribution in [0.15, 0.2) is 35.1 Å². The molecule has 5 nitrogen and oxygen atoms in total. The summed E-state index contributed by atoms with van der Waals surface area (Å²) in [6.45, 7) is 2.86. The highest BCUT2D eigenvalue weighted by atomic mass is 32.1. The Labute approximate surface area is 122 Å². The molecule has 0 radical (unpaired) electrons. The summed E-state index contributed by atoms with van der Waals surface area (Å²) in [7, 11) is 0. The van der Waals surface area contributed by atoms with Crippen molar-refractivity contribution >= 4 is 12.2 Å². The lowest BCUT2D eigenvalue weighted by Gasteiger charge is -2.32. The van der Waals surface area contributed by atoms with E-state index in [4.69, 9.17) is 12.2 Å². The van der Waals surface area contributed by atoms with Gasteiger partial charge in [0.15, 0.2) is 4.77 Å². The lowest BCUT2D eigenvalue weighted by molar-refractivity contribution is 0.167. The molecule has 20 heavy (non-hydrogen) atoms. The number of hydrogen-bond donors (Lipinski definition) is 2. The van der Waals surface area contributed by atoms with Crippen LogP contribution < -0.4 is 5.69 Å². The van der Waals surface area contributed by atoms with Crippen LogP contribution in [0.25, 0.3) is 0 Å². The number of nitrogens with zero attached hydrogens (tertiary/aromatic N) is 2. The van der Waals surface area contributed by atoms with Crippen LogP contribution in [-0.2, 0) is 6.54 Å². The van der Waals surface area contributed by atoms with Gasteiger partial charge in [0.05, 0.1) is 6.04 Å². The van der Waals surface area contributed by atoms with Gasteiger partial charge in [-0.1, -0.05) is 30.3 Å². The fourth-order valence-corrected chi connectivity index (χ4v) is 3.16. The molecule has 3 rings (SSSR count). The zero-order valence-corrected chi connectivity index (χ0v) is 12.0. The maximum absolute atomic E-state index is 11.8. The first-order valence-electron chi connectivity index (χ1n) is 6.89. The normalized spacial score (nSPS) is 20.1. The van der Waals surface area contributed by atoms with E-state index >= 15 is 0 Å². The highest BCUT2D eigenvalue weighted by Gasteiger charge is 2.23. The van der Waals surface area contributed by atoms with Crippen LogP contribution in [-0.4, -0.2) is 32.8 Å². The van der Waals surface area contributed by atoms with E-state index in [2.05, 4.69) is 39.4 Å². The molecule has 0 spiro atoms. The van der Waals surface area contributed by atoms with Crippen LogP contribution >= 0.6 is 12.2 Å². The summed E-state index contributed by atoms with van der Waals surface area (Å²) in [4.78, 5) is 14.2. The first-order valence-corrected chi connectivity index (χ1v) is 7.30. The van der Waals surface area contributed by atoms with Gasteiger partial charge in [0.25, 0.3) is 0 Å². The molecule has 2 heterocycles. The fourth-order valence-electron chi connectivity index (χ4n) is 2.88. The van der Waals surface area contributed by atoms with E-state index in [1.807, 2.05) is 6.07 Å². The van der Waals surface area contributed by atoms with Gasteiger partial charge in [0, 0.05) is 13.1 Å². The van der Waals surface area contributed by atoms with Crippen molar-refractivity contribution in [2.75, 3.05) is 13.1 Å². The summed E-state index contributed by atoms with van der Waals surface area (Å²) in [5.41, 5.74) is 1.17. The molecule has 1 aliphatic rings. The van der Waals surface area contributed by atoms with Crippen molar-refractivity contribution in [2.24, 2.45) is 0 Å².